The quantitative estimate of drug-likeness (QED) is 0.212. The van der Waals surface area contributed by atoms with Gasteiger partial charge < -0.3 is 15.4 Å². The molecule has 4 aromatic rings. The lowest BCUT2D eigenvalue weighted by atomic mass is 9.51. The first-order valence-electron chi connectivity index (χ1n) is 15.7. The van der Waals surface area contributed by atoms with Crippen molar-refractivity contribution in [2.75, 3.05) is 13.0 Å². The Morgan fingerprint density at radius 2 is 1.70 bits per heavy atom. The van der Waals surface area contributed by atoms with E-state index in [0.717, 1.165) is 37.7 Å². The van der Waals surface area contributed by atoms with Crippen molar-refractivity contribution in [2.24, 2.45) is 17.8 Å². The zero-order valence-electron chi connectivity index (χ0n) is 25.5. The van der Waals surface area contributed by atoms with Gasteiger partial charge in [0.1, 0.15) is 17.2 Å². The first-order chi connectivity index (χ1) is 22.3. The second-order valence-corrected chi connectivity index (χ2v) is 13.3. The van der Waals surface area contributed by atoms with Crippen LogP contribution < -0.4 is 16.1 Å². The van der Waals surface area contributed by atoms with Crippen LogP contribution in [0.15, 0.2) is 77.7 Å². The van der Waals surface area contributed by atoms with E-state index in [0.29, 0.717) is 40.0 Å². The molecule has 4 fully saturated rings. The number of ether oxygens (including phenoxy) is 1. The van der Waals surface area contributed by atoms with Gasteiger partial charge in [-0.25, -0.2) is 9.78 Å². The number of alkyl halides is 1. The van der Waals surface area contributed by atoms with Crippen LogP contribution in [0.25, 0.3) is 16.7 Å². The number of nitrogens with one attached hydrogen (secondary N) is 2. The molecule has 5 atom stereocenters. The van der Waals surface area contributed by atoms with Crippen LogP contribution in [0.3, 0.4) is 0 Å². The lowest BCUT2D eigenvalue weighted by Crippen LogP contribution is -2.66. The maximum absolute atomic E-state index is 13.8. The van der Waals surface area contributed by atoms with Crippen molar-refractivity contribution in [1.82, 2.24) is 20.2 Å². The fraction of sp³-hybridized carbons (Fsp3) is 0.361. The smallest absolute Gasteiger partial charge is 0.355 e. The number of pyridine rings is 2. The third kappa shape index (κ3) is 5.36. The van der Waals surface area contributed by atoms with Gasteiger partial charge in [0.05, 0.1) is 12.5 Å². The molecule has 4 bridgehead atoms. The van der Waals surface area contributed by atoms with Gasteiger partial charge >= 0.3 is 5.97 Å². The average Bonchev–Trinajstić information content (AvgIpc) is 3.07. The Kier molecular flexibility index (Phi) is 7.88. The van der Waals surface area contributed by atoms with Gasteiger partial charge in [0.25, 0.3) is 5.91 Å². The van der Waals surface area contributed by atoms with E-state index in [9.17, 15) is 19.2 Å². The normalized spacial score (nSPS) is 24.5. The summed E-state index contributed by atoms with van der Waals surface area (Å²) in [6.07, 6.45) is 6.58. The minimum atomic E-state index is -0.640. The van der Waals surface area contributed by atoms with Crippen LogP contribution in [0.2, 0.25) is 0 Å². The molecule has 0 radical (unpaired) electrons. The van der Waals surface area contributed by atoms with Gasteiger partial charge in [-0.15, -0.1) is 11.6 Å². The molecule has 2 heterocycles. The highest BCUT2D eigenvalue weighted by Gasteiger charge is 2.56. The molecule has 9 nitrogen and oxygen atoms in total. The highest BCUT2D eigenvalue weighted by atomic mass is 35.5. The lowest BCUT2D eigenvalue weighted by Gasteiger charge is -2.60. The highest BCUT2D eigenvalue weighted by molar-refractivity contribution is 6.27. The zero-order chi connectivity index (χ0) is 32.0. The van der Waals surface area contributed by atoms with Crippen LogP contribution in [0.4, 0.5) is 0 Å². The summed E-state index contributed by atoms with van der Waals surface area (Å²) >= 11 is 5.80. The molecule has 2 aromatic carbocycles. The van der Waals surface area contributed by atoms with Crippen molar-refractivity contribution in [3.05, 3.63) is 106 Å². The Morgan fingerprint density at radius 3 is 2.37 bits per heavy atom. The maximum Gasteiger partial charge on any atom is 0.355 e. The van der Waals surface area contributed by atoms with Crippen molar-refractivity contribution >= 4 is 40.4 Å². The second kappa shape index (κ2) is 12.0. The Bertz CT molecular complexity index is 1870. The summed E-state index contributed by atoms with van der Waals surface area (Å²) in [5, 5.41) is 6.92. The summed E-state index contributed by atoms with van der Waals surface area (Å²) in [6, 6.07) is 19.9. The fourth-order valence-electron chi connectivity index (χ4n) is 8.52. The van der Waals surface area contributed by atoms with Crippen molar-refractivity contribution in [3.8, 4) is 5.69 Å². The molecule has 4 aliphatic rings. The number of nitrogens with zero attached hydrogens (tertiary/aromatic N) is 2. The summed E-state index contributed by atoms with van der Waals surface area (Å²) < 4.78 is 6.85. The number of para-hydroxylation sites is 1. The zero-order valence-corrected chi connectivity index (χ0v) is 26.3. The van der Waals surface area contributed by atoms with Gasteiger partial charge in [0, 0.05) is 41.0 Å². The molecule has 0 saturated heterocycles. The van der Waals surface area contributed by atoms with E-state index in [4.69, 9.17) is 16.3 Å². The molecule has 3 unspecified atom stereocenters. The monoisotopic (exact) mass is 638 g/mol. The van der Waals surface area contributed by atoms with Gasteiger partial charge in [-0.2, -0.15) is 0 Å². The predicted octanol–water partition coefficient (Wildman–Crippen LogP) is 4.80. The van der Waals surface area contributed by atoms with Crippen molar-refractivity contribution < 1.29 is 19.1 Å². The second-order valence-electron chi connectivity index (χ2n) is 13.0. The number of carbonyl (C=O) groups is 3. The van der Waals surface area contributed by atoms with Crippen molar-refractivity contribution in [1.29, 1.82) is 0 Å². The first-order valence-corrected chi connectivity index (χ1v) is 16.3. The van der Waals surface area contributed by atoms with Crippen LogP contribution in [0.1, 0.15) is 64.1 Å². The third-order valence-corrected chi connectivity index (χ3v) is 10.4. The molecule has 8 rings (SSSR count). The standard InChI is InChI=1S/C36H35ClN4O5/c1-46-35(45)31-28(32(43)27-8-5-13-38-33(27)41(31)26-6-3-2-4-7-26)16-21-9-11-23(12-10-21)34(44)39-30-24-14-22-15-25(30)19-36(17-22,18-24)40-29(42)20-37/h2-13,22,24-25,30H,14-20H2,1H3,(H,39,44)(H,40,42)/t22?,24-,25+,30?,36?. The number of aromatic nitrogens is 2. The number of hydrogen-bond acceptors (Lipinski definition) is 6. The number of hydrogen-bond donors (Lipinski definition) is 2. The van der Waals surface area contributed by atoms with Crippen LogP contribution in [-0.2, 0) is 16.0 Å². The number of benzene rings is 2. The van der Waals surface area contributed by atoms with E-state index in [1.165, 1.54) is 7.11 Å². The Morgan fingerprint density at radius 1 is 0.978 bits per heavy atom. The van der Waals surface area contributed by atoms with E-state index in [1.807, 2.05) is 42.5 Å². The Balaban J connectivity index is 1.15. The molecule has 2 amide bonds. The third-order valence-electron chi connectivity index (χ3n) is 10.1. The molecule has 0 aliphatic heterocycles. The number of rotatable bonds is 8. The van der Waals surface area contributed by atoms with Gasteiger partial charge in [-0.1, -0.05) is 30.3 Å². The number of amides is 2. The number of methoxy groups -OCH3 is 1. The maximum atomic E-state index is 13.8. The van der Waals surface area contributed by atoms with E-state index < -0.39 is 5.97 Å². The summed E-state index contributed by atoms with van der Waals surface area (Å²) in [6.45, 7) is 0. The van der Waals surface area contributed by atoms with E-state index >= 15 is 0 Å². The minimum absolute atomic E-state index is 0.0386. The number of carbonyl (C=O) groups excluding carboxylic acids is 3. The molecule has 4 aliphatic carbocycles. The van der Waals surface area contributed by atoms with E-state index in [-0.39, 0.29) is 52.4 Å². The fourth-order valence-corrected chi connectivity index (χ4v) is 8.59. The van der Waals surface area contributed by atoms with Crippen molar-refractivity contribution in [3.63, 3.8) is 0 Å². The average molecular weight is 639 g/mol. The molecule has 4 saturated carbocycles. The summed E-state index contributed by atoms with van der Waals surface area (Å²) in [4.78, 5) is 57.2. The Hall–Kier alpha value is -4.50. The predicted molar refractivity (Wildman–Crippen MR) is 174 cm³/mol. The summed E-state index contributed by atoms with van der Waals surface area (Å²) in [7, 11) is 1.29. The number of esters is 1. The van der Waals surface area contributed by atoms with Crippen LogP contribution >= 0.6 is 11.6 Å². The van der Waals surface area contributed by atoms with Crippen LogP contribution in [-0.4, -0.2) is 51.9 Å². The SMILES string of the molecule is COC(=O)c1c(Cc2ccc(C(=O)NC3[C@@H]4CC5C[C@H]3CC(NC(=O)CCl)(C5)C4)cc2)c(=O)c2cccnc2n1-c1ccccc1. The molecular weight excluding hydrogens is 604 g/mol. The number of halogens is 1. The van der Waals surface area contributed by atoms with Gasteiger partial charge in [-0.05, 0) is 91.8 Å². The first kappa shape index (κ1) is 30.2. The molecule has 236 valence electrons. The van der Waals surface area contributed by atoms with E-state index in [2.05, 4.69) is 15.6 Å². The van der Waals surface area contributed by atoms with Gasteiger partial charge in [0.2, 0.25) is 5.91 Å². The highest BCUT2D eigenvalue weighted by Crippen LogP contribution is 2.55. The van der Waals surface area contributed by atoms with E-state index in [1.54, 1.807) is 35.0 Å². The van der Waals surface area contributed by atoms with Gasteiger partial charge in [0.15, 0.2) is 5.43 Å². The molecule has 2 N–H and O–H groups in total. The lowest BCUT2D eigenvalue weighted by molar-refractivity contribution is -0.125. The molecule has 2 aromatic heterocycles. The van der Waals surface area contributed by atoms with Gasteiger partial charge in [-0.3, -0.25) is 19.0 Å². The Labute approximate surface area is 271 Å². The molecule has 10 heteroatoms. The molecule has 46 heavy (non-hydrogen) atoms. The topological polar surface area (TPSA) is 119 Å². The van der Waals surface area contributed by atoms with Crippen LogP contribution in [0, 0.1) is 17.8 Å². The summed E-state index contributed by atoms with van der Waals surface area (Å²) in [5.41, 5.74) is 2.26. The summed E-state index contributed by atoms with van der Waals surface area (Å²) in [5.74, 6) is 0.256. The number of fused-ring (bicyclic) bond motifs is 1. The van der Waals surface area contributed by atoms with Crippen molar-refractivity contribution in [2.45, 2.75) is 50.1 Å². The van der Waals surface area contributed by atoms with Crippen LogP contribution in [0.5, 0.6) is 0 Å². The largest absolute Gasteiger partial charge is 0.464 e. The minimum Gasteiger partial charge on any atom is -0.464 e. The molecular formula is C36H35ClN4O5. The molecule has 0 spiro atoms.